The van der Waals surface area contributed by atoms with Crippen LogP contribution < -0.4 is 15.2 Å². The molecular formula is C19H17F3N2O5. The quantitative estimate of drug-likeness (QED) is 0.662. The van der Waals surface area contributed by atoms with Crippen LogP contribution in [0.2, 0.25) is 0 Å². The first-order valence-electron chi connectivity index (χ1n) is 8.00. The van der Waals surface area contributed by atoms with Gasteiger partial charge in [-0.15, -0.1) is 0 Å². The molecule has 0 aliphatic carbocycles. The molecule has 0 bridgehead atoms. The normalized spacial score (nSPS) is 10.7. The second-order valence-corrected chi connectivity index (χ2v) is 5.48. The van der Waals surface area contributed by atoms with Crippen molar-refractivity contribution in [2.24, 2.45) is 0 Å². The van der Waals surface area contributed by atoms with Crippen LogP contribution in [0, 0.1) is 0 Å². The van der Waals surface area contributed by atoms with Crippen LogP contribution in [0.4, 0.5) is 19.2 Å². The van der Waals surface area contributed by atoms with E-state index in [1.807, 2.05) is 42.5 Å². The lowest BCUT2D eigenvalue weighted by Crippen LogP contribution is -2.21. The first kappa shape index (κ1) is 21.6. The number of methoxy groups -OCH3 is 2. The molecule has 10 heteroatoms. The SMILES string of the molecule is COc1ccccc1-c1ccc(OC)c(-c2cnc(N)o2)c1.O=C(O)C(F)(F)F. The van der Waals surface area contributed by atoms with Crippen molar-refractivity contribution < 1.29 is 37.0 Å². The molecule has 0 aliphatic rings. The van der Waals surface area contributed by atoms with E-state index in [1.165, 1.54) is 0 Å². The molecule has 0 saturated heterocycles. The van der Waals surface area contributed by atoms with E-state index in [4.69, 9.17) is 29.5 Å². The number of nitrogen functional groups attached to an aromatic ring is 1. The maximum Gasteiger partial charge on any atom is 0.490 e. The van der Waals surface area contributed by atoms with E-state index in [0.717, 1.165) is 22.4 Å². The van der Waals surface area contributed by atoms with E-state index >= 15 is 0 Å². The zero-order valence-corrected chi connectivity index (χ0v) is 15.4. The van der Waals surface area contributed by atoms with Crippen molar-refractivity contribution in [1.29, 1.82) is 0 Å². The third-order valence-corrected chi connectivity index (χ3v) is 3.65. The second kappa shape index (κ2) is 9.00. The number of oxazole rings is 1. The van der Waals surface area contributed by atoms with E-state index in [2.05, 4.69) is 4.98 Å². The molecule has 29 heavy (non-hydrogen) atoms. The first-order valence-corrected chi connectivity index (χ1v) is 8.00. The number of anilines is 1. The van der Waals surface area contributed by atoms with Gasteiger partial charge in [-0.25, -0.2) is 9.78 Å². The summed E-state index contributed by atoms with van der Waals surface area (Å²) in [6.45, 7) is 0. The van der Waals surface area contributed by atoms with Crippen LogP contribution in [0.15, 0.2) is 53.1 Å². The van der Waals surface area contributed by atoms with Crippen LogP contribution in [-0.2, 0) is 4.79 Å². The van der Waals surface area contributed by atoms with Crippen molar-refractivity contribution in [2.75, 3.05) is 20.0 Å². The third-order valence-electron chi connectivity index (χ3n) is 3.65. The van der Waals surface area contributed by atoms with Gasteiger partial charge < -0.3 is 24.7 Å². The van der Waals surface area contributed by atoms with E-state index in [0.29, 0.717) is 11.5 Å². The predicted octanol–water partition coefficient (Wildman–Crippen LogP) is 4.24. The molecule has 0 atom stereocenters. The molecule has 3 aromatic rings. The van der Waals surface area contributed by atoms with Gasteiger partial charge in [-0.05, 0) is 23.8 Å². The Morgan fingerprint density at radius 2 is 1.66 bits per heavy atom. The van der Waals surface area contributed by atoms with Gasteiger partial charge in [-0.2, -0.15) is 13.2 Å². The maximum atomic E-state index is 10.6. The Morgan fingerprint density at radius 1 is 1.07 bits per heavy atom. The van der Waals surface area contributed by atoms with E-state index in [-0.39, 0.29) is 6.01 Å². The Morgan fingerprint density at radius 3 is 2.17 bits per heavy atom. The number of hydrogen-bond donors (Lipinski definition) is 2. The second-order valence-electron chi connectivity index (χ2n) is 5.48. The molecule has 2 aromatic carbocycles. The van der Waals surface area contributed by atoms with Gasteiger partial charge in [-0.1, -0.05) is 24.3 Å². The number of halogens is 3. The molecule has 3 N–H and O–H groups in total. The van der Waals surface area contributed by atoms with Crippen molar-refractivity contribution in [1.82, 2.24) is 4.98 Å². The number of benzene rings is 2. The summed E-state index contributed by atoms with van der Waals surface area (Å²) in [5.41, 5.74) is 8.33. The number of aliphatic carboxylic acids is 1. The van der Waals surface area contributed by atoms with Crippen molar-refractivity contribution in [3.8, 4) is 33.9 Å². The lowest BCUT2D eigenvalue weighted by atomic mass is 10.0. The van der Waals surface area contributed by atoms with Gasteiger partial charge in [0.1, 0.15) is 11.5 Å². The number of para-hydroxylation sites is 1. The zero-order chi connectivity index (χ0) is 21.6. The van der Waals surface area contributed by atoms with Gasteiger partial charge in [0, 0.05) is 5.56 Å². The smallest absolute Gasteiger partial charge is 0.490 e. The van der Waals surface area contributed by atoms with Crippen LogP contribution in [0.25, 0.3) is 22.5 Å². The molecular weight excluding hydrogens is 393 g/mol. The number of ether oxygens (including phenoxy) is 2. The molecule has 0 radical (unpaired) electrons. The fraction of sp³-hybridized carbons (Fsp3) is 0.158. The summed E-state index contributed by atoms with van der Waals surface area (Å²) in [4.78, 5) is 12.8. The molecule has 0 spiro atoms. The maximum absolute atomic E-state index is 10.6. The zero-order valence-electron chi connectivity index (χ0n) is 15.4. The number of alkyl halides is 3. The highest BCUT2D eigenvalue weighted by atomic mass is 19.4. The topological polar surface area (TPSA) is 108 Å². The van der Waals surface area contributed by atoms with Gasteiger partial charge in [0.25, 0.3) is 6.01 Å². The Bertz CT molecular complexity index is 986. The van der Waals surface area contributed by atoms with Crippen LogP contribution in [-0.4, -0.2) is 36.5 Å². The Labute approximate surface area is 163 Å². The number of carbonyl (C=O) groups is 1. The van der Waals surface area contributed by atoms with Crippen LogP contribution in [0.3, 0.4) is 0 Å². The Hall–Kier alpha value is -3.69. The Balaban J connectivity index is 0.000000370. The monoisotopic (exact) mass is 410 g/mol. The summed E-state index contributed by atoms with van der Waals surface area (Å²) in [7, 11) is 3.27. The fourth-order valence-corrected chi connectivity index (χ4v) is 2.36. The summed E-state index contributed by atoms with van der Waals surface area (Å²) in [5, 5.41) is 7.12. The van der Waals surface area contributed by atoms with Crippen LogP contribution in [0.1, 0.15) is 0 Å². The molecule has 7 nitrogen and oxygen atoms in total. The summed E-state index contributed by atoms with van der Waals surface area (Å²) in [6.07, 6.45) is -3.50. The average Bonchev–Trinajstić information content (AvgIpc) is 3.13. The number of nitrogens with two attached hydrogens (primary N) is 1. The number of aromatic nitrogens is 1. The molecule has 0 unspecified atom stereocenters. The summed E-state index contributed by atoms with van der Waals surface area (Å²) in [6, 6.07) is 13.8. The van der Waals surface area contributed by atoms with Crippen molar-refractivity contribution in [3.63, 3.8) is 0 Å². The Kier molecular flexibility index (Phi) is 6.71. The van der Waals surface area contributed by atoms with Gasteiger partial charge in [-0.3, -0.25) is 0 Å². The predicted molar refractivity (Wildman–Crippen MR) is 98.6 cm³/mol. The number of carboxylic acids is 1. The van der Waals surface area contributed by atoms with Crippen molar-refractivity contribution >= 4 is 12.0 Å². The molecule has 0 aliphatic heterocycles. The first-order chi connectivity index (χ1) is 13.7. The molecule has 0 saturated carbocycles. The third kappa shape index (κ3) is 5.41. The van der Waals surface area contributed by atoms with Crippen LogP contribution >= 0.6 is 0 Å². The minimum atomic E-state index is -5.08. The highest BCUT2D eigenvalue weighted by Gasteiger charge is 2.38. The highest BCUT2D eigenvalue weighted by Crippen LogP contribution is 2.37. The standard InChI is InChI=1S/C17H16N2O3.C2HF3O2/c1-20-14-6-4-3-5-12(14)11-7-8-15(21-2)13(9-11)16-10-19-17(18)22-16;3-2(4,5)1(6)7/h3-10H,1-2H3,(H2,18,19);(H,6,7). The van der Waals surface area contributed by atoms with Crippen molar-refractivity contribution in [3.05, 3.63) is 48.7 Å². The van der Waals surface area contributed by atoms with Gasteiger partial charge in [0.05, 0.1) is 26.0 Å². The summed E-state index contributed by atoms with van der Waals surface area (Å²) in [5.74, 6) is -0.705. The lowest BCUT2D eigenvalue weighted by molar-refractivity contribution is -0.192. The lowest BCUT2D eigenvalue weighted by Gasteiger charge is -2.11. The van der Waals surface area contributed by atoms with Crippen molar-refractivity contribution in [2.45, 2.75) is 6.18 Å². The molecule has 0 fully saturated rings. The number of hydrogen-bond acceptors (Lipinski definition) is 6. The number of carboxylic acid groups (broad SMARTS) is 1. The van der Waals surface area contributed by atoms with Crippen LogP contribution in [0.5, 0.6) is 11.5 Å². The number of nitrogens with zero attached hydrogens (tertiary/aromatic N) is 1. The minimum absolute atomic E-state index is 0.125. The number of rotatable bonds is 4. The largest absolute Gasteiger partial charge is 0.496 e. The fourth-order valence-electron chi connectivity index (χ4n) is 2.36. The highest BCUT2D eigenvalue weighted by molar-refractivity contribution is 5.78. The van der Waals surface area contributed by atoms with Gasteiger partial charge in [0.2, 0.25) is 0 Å². The minimum Gasteiger partial charge on any atom is -0.496 e. The summed E-state index contributed by atoms with van der Waals surface area (Å²) < 4.78 is 48.0. The van der Waals surface area contributed by atoms with Gasteiger partial charge in [0.15, 0.2) is 5.76 Å². The molecule has 3 rings (SSSR count). The molecule has 1 heterocycles. The van der Waals surface area contributed by atoms with E-state index in [9.17, 15) is 13.2 Å². The molecule has 1 aromatic heterocycles. The van der Waals surface area contributed by atoms with E-state index in [1.54, 1.807) is 20.4 Å². The average molecular weight is 410 g/mol. The van der Waals surface area contributed by atoms with E-state index < -0.39 is 12.1 Å². The molecule has 154 valence electrons. The summed E-state index contributed by atoms with van der Waals surface area (Å²) >= 11 is 0. The molecule has 0 amide bonds. The van der Waals surface area contributed by atoms with Gasteiger partial charge >= 0.3 is 12.1 Å².